The van der Waals surface area contributed by atoms with E-state index in [2.05, 4.69) is 28.0 Å². The summed E-state index contributed by atoms with van der Waals surface area (Å²) in [5.41, 5.74) is -1.11. The summed E-state index contributed by atoms with van der Waals surface area (Å²) in [6.45, 7) is 7.25. The predicted octanol–water partition coefficient (Wildman–Crippen LogP) is 5.92. The van der Waals surface area contributed by atoms with Crippen molar-refractivity contribution in [1.82, 2.24) is 24.4 Å². The SMILES string of the molecule is C=C.COc1ccc(-c2nc3c(C(=O)N4CCN([C@H](CO)c5ccccc5OC(F)(F)F)CC4)cnn3c(C(F)(F)F)c2C)cc1. The van der Waals surface area contributed by atoms with Gasteiger partial charge in [-0.25, -0.2) is 9.50 Å². The van der Waals surface area contributed by atoms with Crippen LogP contribution in [0.5, 0.6) is 11.5 Å². The topological polar surface area (TPSA) is 92.4 Å². The van der Waals surface area contributed by atoms with Gasteiger partial charge in [-0.3, -0.25) is 9.69 Å². The molecule has 4 aromatic rings. The molecule has 15 heteroatoms. The molecule has 246 valence electrons. The van der Waals surface area contributed by atoms with Crippen LogP contribution in [0.2, 0.25) is 0 Å². The summed E-state index contributed by atoms with van der Waals surface area (Å²) in [7, 11) is 1.46. The molecule has 0 radical (unpaired) electrons. The highest BCUT2D eigenvalue weighted by atomic mass is 19.4. The van der Waals surface area contributed by atoms with Crippen LogP contribution in [0.15, 0.2) is 67.9 Å². The van der Waals surface area contributed by atoms with Crippen LogP contribution in [0.4, 0.5) is 26.3 Å². The summed E-state index contributed by atoms with van der Waals surface area (Å²) in [6.07, 6.45) is -8.69. The Morgan fingerprint density at radius 3 is 2.20 bits per heavy atom. The molecule has 1 fully saturated rings. The molecular weight excluding hydrogens is 620 g/mol. The first-order chi connectivity index (χ1) is 21.8. The van der Waals surface area contributed by atoms with E-state index < -0.39 is 42.5 Å². The number of carbonyl (C=O) groups excluding carboxylic acids is 1. The van der Waals surface area contributed by atoms with Crippen molar-refractivity contribution < 1.29 is 45.7 Å². The lowest BCUT2D eigenvalue weighted by Crippen LogP contribution is -2.50. The molecule has 0 aliphatic carbocycles. The summed E-state index contributed by atoms with van der Waals surface area (Å²) in [5, 5.41) is 14.0. The fourth-order valence-electron chi connectivity index (χ4n) is 5.38. The maximum absolute atomic E-state index is 14.3. The molecule has 1 saturated heterocycles. The fraction of sp³-hybridized carbons (Fsp3) is 0.323. The fourth-order valence-corrected chi connectivity index (χ4v) is 5.38. The Morgan fingerprint density at radius 2 is 1.63 bits per heavy atom. The Kier molecular flexibility index (Phi) is 10.3. The number of methoxy groups -OCH3 is 1. The van der Waals surface area contributed by atoms with Gasteiger partial charge < -0.3 is 19.5 Å². The second-order valence-corrected chi connectivity index (χ2v) is 10.1. The number of piperazine rings is 1. The lowest BCUT2D eigenvalue weighted by Gasteiger charge is -2.39. The molecular formula is C31H31F6N5O4. The van der Waals surface area contributed by atoms with E-state index in [0.29, 0.717) is 15.8 Å². The van der Waals surface area contributed by atoms with Crippen molar-refractivity contribution in [1.29, 1.82) is 0 Å². The number of fused-ring (bicyclic) bond motifs is 1. The first-order valence-electron chi connectivity index (χ1n) is 13.9. The van der Waals surface area contributed by atoms with Gasteiger partial charge in [-0.05, 0) is 37.3 Å². The average molecular weight is 652 g/mol. The zero-order valence-corrected chi connectivity index (χ0v) is 24.9. The molecule has 9 nitrogen and oxygen atoms in total. The number of nitrogens with zero attached hydrogens (tertiary/aromatic N) is 5. The van der Waals surface area contributed by atoms with Crippen molar-refractivity contribution in [3.05, 3.63) is 90.3 Å². The maximum Gasteiger partial charge on any atom is 0.573 e. The third-order valence-corrected chi connectivity index (χ3v) is 7.47. The van der Waals surface area contributed by atoms with Crippen LogP contribution >= 0.6 is 0 Å². The number of alkyl halides is 6. The molecule has 0 unspecified atom stereocenters. The zero-order chi connectivity index (χ0) is 33.8. The normalized spacial score (nSPS) is 14.8. The van der Waals surface area contributed by atoms with Crippen LogP contribution in [0.3, 0.4) is 0 Å². The lowest BCUT2D eigenvalue weighted by atomic mass is 10.0. The van der Waals surface area contributed by atoms with Crippen LogP contribution in [-0.4, -0.2) is 81.7 Å². The number of aliphatic hydroxyl groups is 1. The van der Waals surface area contributed by atoms with Crippen LogP contribution in [0, 0.1) is 6.92 Å². The van der Waals surface area contributed by atoms with E-state index in [4.69, 9.17) is 4.74 Å². The molecule has 1 amide bonds. The highest BCUT2D eigenvalue weighted by molar-refractivity contribution is 6.00. The van der Waals surface area contributed by atoms with Crippen molar-refractivity contribution in [2.24, 2.45) is 0 Å². The van der Waals surface area contributed by atoms with Gasteiger partial charge in [0.1, 0.15) is 17.1 Å². The van der Waals surface area contributed by atoms with Crippen LogP contribution < -0.4 is 9.47 Å². The monoisotopic (exact) mass is 651 g/mol. The first kappa shape index (κ1) is 34.2. The van der Waals surface area contributed by atoms with Gasteiger partial charge in [-0.15, -0.1) is 26.3 Å². The number of para-hydroxylation sites is 1. The highest BCUT2D eigenvalue weighted by Gasteiger charge is 2.39. The van der Waals surface area contributed by atoms with Crippen molar-refractivity contribution in [3.8, 4) is 22.8 Å². The molecule has 1 aliphatic heterocycles. The summed E-state index contributed by atoms with van der Waals surface area (Å²) in [6, 6.07) is 10.9. The van der Waals surface area contributed by atoms with E-state index in [-0.39, 0.29) is 54.2 Å². The molecule has 1 aliphatic rings. The number of benzene rings is 2. The summed E-state index contributed by atoms with van der Waals surface area (Å²) in [4.78, 5) is 21.2. The summed E-state index contributed by atoms with van der Waals surface area (Å²) in [5.74, 6) is -0.549. The first-order valence-corrected chi connectivity index (χ1v) is 13.9. The van der Waals surface area contributed by atoms with Gasteiger partial charge in [-0.1, -0.05) is 18.2 Å². The molecule has 5 rings (SSSR count). The number of hydrogen-bond acceptors (Lipinski definition) is 7. The molecule has 2 aromatic heterocycles. The number of aromatic nitrogens is 3. The molecule has 0 spiro atoms. The average Bonchev–Trinajstić information content (AvgIpc) is 3.44. The summed E-state index contributed by atoms with van der Waals surface area (Å²) >= 11 is 0. The third-order valence-electron chi connectivity index (χ3n) is 7.47. The van der Waals surface area contributed by atoms with Gasteiger partial charge in [0.15, 0.2) is 11.3 Å². The molecule has 1 N–H and O–H groups in total. The second-order valence-electron chi connectivity index (χ2n) is 10.1. The number of aliphatic hydroxyl groups excluding tert-OH is 1. The summed E-state index contributed by atoms with van der Waals surface area (Å²) < 4.78 is 91.6. The predicted molar refractivity (Wildman–Crippen MR) is 156 cm³/mol. The molecule has 1 atom stereocenters. The maximum atomic E-state index is 14.3. The van der Waals surface area contributed by atoms with E-state index in [1.165, 1.54) is 37.1 Å². The Balaban J connectivity index is 0.00000235. The quantitative estimate of drug-likeness (QED) is 0.196. The molecule has 2 aromatic carbocycles. The largest absolute Gasteiger partial charge is 0.573 e. The van der Waals surface area contributed by atoms with Gasteiger partial charge in [0.2, 0.25) is 0 Å². The number of hydrogen-bond donors (Lipinski definition) is 1. The zero-order valence-electron chi connectivity index (χ0n) is 24.9. The van der Waals surface area contributed by atoms with E-state index in [9.17, 15) is 36.2 Å². The van der Waals surface area contributed by atoms with E-state index in [1.807, 2.05) is 0 Å². The minimum Gasteiger partial charge on any atom is -0.497 e. The van der Waals surface area contributed by atoms with Gasteiger partial charge >= 0.3 is 12.5 Å². The molecule has 3 heterocycles. The number of ether oxygens (including phenoxy) is 2. The standard InChI is InChI=1S/C29H27F6N5O4.C2H4/c1-17-24(18-7-9-19(43-2)10-8-18)37-26-21(15-36-40(26)25(17)28(30,31)32)27(42)39-13-11-38(12-14-39)22(16-41)20-5-3-4-6-23(20)44-29(33,34)35;1-2/h3-10,15,22,41H,11-14,16H2,1-2H3;1-2H2/t22-;/m1./s1. The number of carbonyl (C=O) groups is 1. The van der Waals surface area contributed by atoms with Gasteiger partial charge in [0.05, 0.1) is 31.6 Å². The van der Waals surface area contributed by atoms with Gasteiger partial charge in [-0.2, -0.15) is 18.3 Å². The Morgan fingerprint density at radius 1 is 1.00 bits per heavy atom. The van der Waals surface area contributed by atoms with E-state index >= 15 is 0 Å². The number of amides is 1. The number of rotatable bonds is 7. The molecule has 0 bridgehead atoms. The Labute approximate surface area is 260 Å². The molecule has 0 saturated carbocycles. The van der Waals surface area contributed by atoms with E-state index in [0.717, 1.165) is 12.3 Å². The number of halogens is 6. The van der Waals surface area contributed by atoms with Crippen molar-refractivity contribution in [3.63, 3.8) is 0 Å². The minimum absolute atomic E-state index is 0.0253. The van der Waals surface area contributed by atoms with Crippen LogP contribution in [0.25, 0.3) is 16.9 Å². The van der Waals surface area contributed by atoms with Gasteiger partial charge in [0.25, 0.3) is 5.91 Å². The van der Waals surface area contributed by atoms with Crippen LogP contribution in [-0.2, 0) is 6.18 Å². The lowest BCUT2D eigenvalue weighted by molar-refractivity contribution is -0.275. The smallest absolute Gasteiger partial charge is 0.497 e. The Bertz CT molecular complexity index is 1670. The van der Waals surface area contributed by atoms with Crippen LogP contribution in [0.1, 0.15) is 33.2 Å². The molecule has 46 heavy (non-hydrogen) atoms. The second kappa shape index (κ2) is 13.8. The Hall–Kier alpha value is -4.63. The minimum atomic E-state index is -4.93. The van der Waals surface area contributed by atoms with E-state index in [1.54, 1.807) is 29.2 Å². The third kappa shape index (κ3) is 7.10. The van der Waals surface area contributed by atoms with Gasteiger partial charge in [0, 0.05) is 42.9 Å². The highest BCUT2D eigenvalue weighted by Crippen LogP contribution is 2.37. The van der Waals surface area contributed by atoms with Crippen molar-refractivity contribution >= 4 is 11.6 Å². The van der Waals surface area contributed by atoms with Crippen molar-refractivity contribution in [2.45, 2.75) is 25.5 Å². The van der Waals surface area contributed by atoms with Crippen molar-refractivity contribution in [2.75, 3.05) is 39.9 Å².